The number of amides is 1. The predicted octanol–water partition coefficient (Wildman–Crippen LogP) is 0.854. The SMILES string of the molecule is CC(CC(=O)N1CCNCC1)C1CC1. The molecular weight excluding hydrogens is 176 g/mol. The third-order valence-corrected chi connectivity index (χ3v) is 3.39. The van der Waals surface area contributed by atoms with Gasteiger partial charge in [-0.05, 0) is 24.7 Å². The summed E-state index contributed by atoms with van der Waals surface area (Å²) in [5, 5.41) is 3.26. The van der Waals surface area contributed by atoms with Crippen LogP contribution in [0.1, 0.15) is 26.2 Å². The molecule has 1 N–H and O–H groups in total. The van der Waals surface area contributed by atoms with E-state index in [9.17, 15) is 4.79 Å². The van der Waals surface area contributed by atoms with Gasteiger partial charge in [-0.15, -0.1) is 0 Å². The van der Waals surface area contributed by atoms with Gasteiger partial charge in [-0.25, -0.2) is 0 Å². The molecule has 1 saturated carbocycles. The Kier molecular flexibility index (Phi) is 3.06. The van der Waals surface area contributed by atoms with Gasteiger partial charge in [-0.2, -0.15) is 0 Å². The minimum absolute atomic E-state index is 0.367. The van der Waals surface area contributed by atoms with Crippen molar-refractivity contribution >= 4 is 5.91 Å². The van der Waals surface area contributed by atoms with Crippen LogP contribution in [0.5, 0.6) is 0 Å². The number of hydrogen-bond donors (Lipinski definition) is 1. The first-order valence-corrected chi connectivity index (χ1v) is 5.76. The molecule has 80 valence electrons. The molecule has 3 heteroatoms. The van der Waals surface area contributed by atoms with Gasteiger partial charge in [0.15, 0.2) is 0 Å². The fourth-order valence-corrected chi connectivity index (χ4v) is 2.15. The fourth-order valence-electron chi connectivity index (χ4n) is 2.15. The van der Waals surface area contributed by atoms with E-state index in [1.807, 2.05) is 4.90 Å². The topological polar surface area (TPSA) is 32.3 Å². The molecule has 3 nitrogen and oxygen atoms in total. The monoisotopic (exact) mass is 196 g/mol. The Balaban J connectivity index is 1.75. The largest absolute Gasteiger partial charge is 0.340 e. The minimum Gasteiger partial charge on any atom is -0.340 e. The summed E-state index contributed by atoms with van der Waals surface area (Å²) in [4.78, 5) is 13.8. The summed E-state index contributed by atoms with van der Waals surface area (Å²) < 4.78 is 0. The first kappa shape index (κ1) is 9.97. The van der Waals surface area contributed by atoms with E-state index in [-0.39, 0.29) is 0 Å². The quantitative estimate of drug-likeness (QED) is 0.726. The molecule has 1 saturated heterocycles. The van der Waals surface area contributed by atoms with E-state index in [2.05, 4.69) is 12.2 Å². The molecule has 1 unspecified atom stereocenters. The highest BCUT2D eigenvalue weighted by atomic mass is 16.2. The number of hydrogen-bond acceptors (Lipinski definition) is 2. The van der Waals surface area contributed by atoms with Crippen molar-refractivity contribution in [3.63, 3.8) is 0 Å². The maximum absolute atomic E-state index is 11.8. The van der Waals surface area contributed by atoms with Crippen LogP contribution in [0.4, 0.5) is 0 Å². The summed E-state index contributed by atoms with van der Waals surface area (Å²) in [6.45, 7) is 5.94. The number of piperazine rings is 1. The van der Waals surface area contributed by atoms with Crippen LogP contribution in [0, 0.1) is 11.8 Å². The molecule has 1 amide bonds. The molecule has 14 heavy (non-hydrogen) atoms. The van der Waals surface area contributed by atoms with Gasteiger partial charge in [0.2, 0.25) is 5.91 Å². The van der Waals surface area contributed by atoms with Crippen molar-refractivity contribution in [3.05, 3.63) is 0 Å². The summed E-state index contributed by atoms with van der Waals surface area (Å²) in [6.07, 6.45) is 3.46. The molecule has 2 fully saturated rings. The van der Waals surface area contributed by atoms with Crippen LogP contribution in [0.3, 0.4) is 0 Å². The Morgan fingerprint density at radius 1 is 1.43 bits per heavy atom. The Hall–Kier alpha value is -0.570. The average molecular weight is 196 g/mol. The summed E-state index contributed by atoms with van der Waals surface area (Å²) in [7, 11) is 0. The molecule has 2 rings (SSSR count). The van der Waals surface area contributed by atoms with Gasteiger partial charge in [0.1, 0.15) is 0 Å². The van der Waals surface area contributed by atoms with Crippen molar-refractivity contribution in [1.29, 1.82) is 0 Å². The lowest BCUT2D eigenvalue weighted by molar-refractivity contribution is -0.132. The van der Waals surface area contributed by atoms with Crippen LogP contribution >= 0.6 is 0 Å². The average Bonchev–Trinajstić information content (AvgIpc) is 3.02. The number of carbonyl (C=O) groups excluding carboxylic acids is 1. The molecule has 1 atom stereocenters. The third-order valence-electron chi connectivity index (χ3n) is 3.39. The van der Waals surface area contributed by atoms with Gasteiger partial charge >= 0.3 is 0 Å². The predicted molar refractivity (Wildman–Crippen MR) is 56.0 cm³/mol. The molecule has 0 bridgehead atoms. The van der Waals surface area contributed by atoms with E-state index in [1.54, 1.807) is 0 Å². The van der Waals surface area contributed by atoms with Gasteiger partial charge in [0.05, 0.1) is 0 Å². The fraction of sp³-hybridized carbons (Fsp3) is 0.909. The molecule has 1 heterocycles. The van der Waals surface area contributed by atoms with Crippen molar-refractivity contribution in [2.75, 3.05) is 26.2 Å². The van der Waals surface area contributed by atoms with Crippen LogP contribution in [-0.2, 0) is 4.79 Å². The van der Waals surface area contributed by atoms with Crippen molar-refractivity contribution < 1.29 is 4.79 Å². The maximum Gasteiger partial charge on any atom is 0.222 e. The second-order valence-corrected chi connectivity index (χ2v) is 4.65. The van der Waals surface area contributed by atoms with Gasteiger partial charge < -0.3 is 10.2 Å². The Bertz CT molecular complexity index is 207. The van der Waals surface area contributed by atoms with E-state index in [1.165, 1.54) is 12.8 Å². The van der Waals surface area contributed by atoms with Gasteiger partial charge in [0.25, 0.3) is 0 Å². The smallest absolute Gasteiger partial charge is 0.222 e. The second kappa shape index (κ2) is 4.30. The number of nitrogens with one attached hydrogen (secondary N) is 1. The molecular formula is C11H20N2O. The van der Waals surface area contributed by atoms with E-state index >= 15 is 0 Å². The lowest BCUT2D eigenvalue weighted by atomic mass is 10.0. The first-order chi connectivity index (χ1) is 6.77. The highest BCUT2D eigenvalue weighted by Gasteiger charge is 2.30. The highest BCUT2D eigenvalue weighted by molar-refractivity contribution is 5.76. The van der Waals surface area contributed by atoms with Crippen molar-refractivity contribution in [2.24, 2.45) is 11.8 Å². The normalized spacial score (nSPS) is 24.8. The Labute approximate surface area is 85.8 Å². The first-order valence-electron chi connectivity index (χ1n) is 5.76. The Morgan fingerprint density at radius 3 is 2.64 bits per heavy atom. The third kappa shape index (κ3) is 2.47. The van der Waals surface area contributed by atoms with Crippen molar-refractivity contribution in [3.8, 4) is 0 Å². The molecule has 0 aromatic heterocycles. The van der Waals surface area contributed by atoms with E-state index < -0.39 is 0 Å². The second-order valence-electron chi connectivity index (χ2n) is 4.65. The van der Waals surface area contributed by atoms with Crippen LogP contribution in [0.2, 0.25) is 0 Å². The zero-order chi connectivity index (χ0) is 9.97. The van der Waals surface area contributed by atoms with E-state index in [4.69, 9.17) is 0 Å². The molecule has 1 aliphatic heterocycles. The number of nitrogens with zero attached hydrogens (tertiary/aromatic N) is 1. The molecule has 0 spiro atoms. The van der Waals surface area contributed by atoms with Crippen LogP contribution in [0.15, 0.2) is 0 Å². The highest BCUT2D eigenvalue weighted by Crippen LogP contribution is 2.38. The summed E-state index contributed by atoms with van der Waals surface area (Å²) in [6, 6.07) is 0. The van der Waals surface area contributed by atoms with Gasteiger partial charge in [0, 0.05) is 32.6 Å². The summed E-state index contributed by atoms with van der Waals surface area (Å²) in [5.74, 6) is 1.82. The van der Waals surface area contributed by atoms with Crippen molar-refractivity contribution in [2.45, 2.75) is 26.2 Å². The van der Waals surface area contributed by atoms with Gasteiger partial charge in [-0.3, -0.25) is 4.79 Å². The number of rotatable bonds is 3. The van der Waals surface area contributed by atoms with Crippen LogP contribution < -0.4 is 5.32 Å². The lowest BCUT2D eigenvalue weighted by Crippen LogP contribution is -2.46. The summed E-state index contributed by atoms with van der Waals surface area (Å²) >= 11 is 0. The van der Waals surface area contributed by atoms with Crippen molar-refractivity contribution in [1.82, 2.24) is 10.2 Å². The van der Waals surface area contributed by atoms with Crippen LogP contribution in [0.25, 0.3) is 0 Å². The molecule has 0 aromatic rings. The Morgan fingerprint density at radius 2 is 2.07 bits per heavy atom. The van der Waals surface area contributed by atoms with Crippen LogP contribution in [-0.4, -0.2) is 37.0 Å². The minimum atomic E-state index is 0.367. The maximum atomic E-state index is 11.8. The summed E-state index contributed by atoms with van der Waals surface area (Å²) in [5.41, 5.74) is 0. The number of carbonyl (C=O) groups is 1. The molecule has 0 aromatic carbocycles. The van der Waals surface area contributed by atoms with E-state index in [0.29, 0.717) is 11.8 Å². The molecule has 1 aliphatic carbocycles. The van der Waals surface area contributed by atoms with Gasteiger partial charge in [-0.1, -0.05) is 6.92 Å². The standard InChI is InChI=1S/C11H20N2O/c1-9(10-2-3-10)8-11(14)13-6-4-12-5-7-13/h9-10,12H,2-8H2,1H3. The lowest BCUT2D eigenvalue weighted by Gasteiger charge is -2.28. The van der Waals surface area contributed by atoms with E-state index in [0.717, 1.165) is 38.5 Å². The molecule has 2 aliphatic rings. The molecule has 0 radical (unpaired) electrons. The zero-order valence-electron chi connectivity index (χ0n) is 8.96. The zero-order valence-corrected chi connectivity index (χ0v) is 8.96.